The molecule has 0 aromatic rings. The Morgan fingerprint density at radius 3 is 0.0991 bits per heavy atom. The maximum absolute atomic E-state index is 4.83. The van der Waals surface area contributed by atoms with Crippen LogP contribution in [0.4, 0.5) is 0 Å². The van der Waals surface area contributed by atoms with Crippen LogP contribution in [0, 0.1) is 0 Å². The molecule has 0 nitrogen and oxygen atoms in total. The summed E-state index contributed by atoms with van der Waals surface area (Å²) in [7, 11) is 198. The van der Waals surface area contributed by atoms with Crippen molar-refractivity contribution in [1.82, 2.24) is 0 Å². The minimum atomic E-state index is 1.37. The average molecular weight is 3560 g/mol. The third-order valence-electron chi connectivity index (χ3n) is 3.00. The van der Waals surface area contributed by atoms with Gasteiger partial charge in [-0.05, 0) is 0 Å². The van der Waals surface area contributed by atoms with Crippen LogP contribution in [-0.2, 0) is 990 Å². The Labute approximate surface area is 958 Å². The van der Waals surface area contributed by atoms with Crippen LogP contribution in [0.15, 0.2) is 0 Å². The summed E-state index contributed by atoms with van der Waals surface area (Å²) in [6.07, 6.45) is 0. The molecule has 0 heterocycles. The maximum Gasteiger partial charge on any atom is 0 e. The zero-order chi connectivity index (χ0) is 79.1. The summed E-state index contributed by atoms with van der Waals surface area (Å²) in [6, 6.07) is 0. The molecule has 0 aromatic carbocycles. The van der Waals surface area contributed by atoms with Crippen molar-refractivity contribution in [2.75, 3.05) is 0 Å². The Morgan fingerprint density at radius 1 is 0.0450 bits per heavy atom. The molecule has 0 amide bonds. The van der Waals surface area contributed by atoms with Gasteiger partial charge in [-0.25, -0.2) is 0 Å². The largest absolute Gasteiger partial charge is 0 e. The van der Waals surface area contributed by atoms with E-state index in [-0.39, 0.29) is 0 Å². The van der Waals surface area contributed by atoms with Crippen LogP contribution in [0.25, 0.3) is 0 Å². The molecule has 0 fully saturated rings. The summed E-state index contributed by atoms with van der Waals surface area (Å²) in [4.78, 5) is 0. The fourth-order valence-corrected chi connectivity index (χ4v) is 295. The van der Waals surface area contributed by atoms with Crippen molar-refractivity contribution in [3.05, 3.63) is 0 Å². The van der Waals surface area contributed by atoms with Gasteiger partial charge in [0.05, 0.1) is 0 Å². The van der Waals surface area contributed by atoms with Crippen LogP contribution in [0.3, 0.4) is 0 Å². The lowest BCUT2D eigenvalue weighted by Crippen LogP contribution is -1.42. The Morgan fingerprint density at radius 2 is 0.0721 bits per heavy atom. The Balaban J connectivity index is 6.19. The van der Waals surface area contributed by atoms with Crippen molar-refractivity contribution in [2.45, 2.75) is 0 Å². The van der Waals surface area contributed by atoms with E-state index in [1.54, 1.807) is 107 Å². The Kier molecular flexibility index (Phi) is 164. The van der Waals surface area contributed by atoms with Crippen LogP contribution < -0.4 is 0 Å². The molecule has 0 N–H and O–H groups in total. The third-order valence-corrected chi connectivity index (χ3v) is 243. The molecule has 0 unspecified atom stereocenters. The minimum absolute atomic E-state index is 1.37. The van der Waals surface area contributed by atoms with Crippen molar-refractivity contribution >= 4 is 990 Å². The molecule has 0 saturated heterocycles. The SMILES string of the molecule is S=S=S=S=S=S=S=S=S=S=S=S=S=S=S=S=S=S=S=S=S=S=S=S=S=S=S=S=S=S=S=S=S=S=S=S=S=S=S=S=S=S=S=S=S=S=S=S=S=S=S=S=S=S=S=S=S=S=S=S=S=S=S=S=S=S=S=S=S=S=S=S=S=S=S=S=S=S=S=S=S=S=S=S=S=S=S=S=S=S=S=S=S=S=S=S=S=S=S=S=S=S=S=S=S=S=S=S=S=S=S. The fourth-order valence-electron chi connectivity index (χ4n) is 1.21. The first kappa shape index (κ1) is 135. The van der Waals surface area contributed by atoms with Crippen LogP contribution >= 0.6 is 0 Å². The van der Waals surface area contributed by atoms with Crippen molar-refractivity contribution in [3.63, 3.8) is 0 Å². The molecule has 0 spiro atoms. The highest BCUT2D eigenvalue weighted by Gasteiger charge is 1.52. The standard InChI is InChI=1S/S111/c1-3-5-7-9-11-13-15-17-19-21-23-25-27-29-31-33-35-37-39-41-43-45-47-49-51-53-55-57-59-61-63-65-67-69-71-73-75-77-79-81-83-85-87-89-91-93-95-97-99-101-103-105-107-109-111-110-108-106-104-102-100-98-96-94-92-90-88-86-84-82-80-78-76-74-72-70-68-66-64-62-60-58-56-54-52-50-48-46-44-42-40-38-36-34-32-30-28-26-24-22-20-18-16-14-12-10-8-6-4-2. The minimum Gasteiger partial charge on any atom is 0 e. The molecule has 0 aromatic heterocycles. The van der Waals surface area contributed by atoms with Gasteiger partial charge >= 0.3 is 0 Å². The lowest BCUT2D eigenvalue weighted by Gasteiger charge is -1.41. The summed E-state index contributed by atoms with van der Waals surface area (Å²) < 4.78 is 0. The molecule has 0 aliphatic rings. The van der Waals surface area contributed by atoms with E-state index in [2.05, 4.69) is 0 Å². The van der Waals surface area contributed by atoms with Crippen LogP contribution in [0.1, 0.15) is 0 Å². The Bertz CT molecular complexity index is 8370. The second kappa shape index (κ2) is 134. The molecule has 0 atom stereocenters. The Hall–Kier alpha value is 24.4. The van der Waals surface area contributed by atoms with E-state index in [0.717, 1.165) is 0 Å². The van der Waals surface area contributed by atoms with E-state index in [0.29, 0.717) is 0 Å². The molecule has 111 heavy (non-hydrogen) atoms. The lowest BCUT2D eigenvalue weighted by atomic mass is 30.7. The van der Waals surface area contributed by atoms with Gasteiger partial charge in [0.2, 0.25) is 0 Å². The zero-order valence-corrected chi connectivity index (χ0v) is 136. The summed E-state index contributed by atoms with van der Waals surface area (Å²) >= 11 is 9.66. The molecule has 0 rings (SSSR count). The normalized spacial score (nSPS) is 7.89. The van der Waals surface area contributed by atoms with Gasteiger partial charge in [-0.1, -0.05) is 0 Å². The molecule has 0 radical (unpaired) electrons. The van der Waals surface area contributed by atoms with E-state index in [1.807, 2.05) is 844 Å². The van der Waals surface area contributed by atoms with Gasteiger partial charge in [0.25, 0.3) is 0 Å². The summed E-state index contributed by atoms with van der Waals surface area (Å²) in [5.74, 6) is 0. The second-order valence-electron chi connectivity index (χ2n) is 7.42. The van der Waals surface area contributed by atoms with E-state index in [4.69, 9.17) is 22.4 Å². The molecular weight excluding hydrogens is 3560 g/mol. The summed E-state index contributed by atoms with van der Waals surface area (Å²) in [5.41, 5.74) is 0. The fraction of sp³-hybridized carbons (Fsp3) is 0. The lowest BCUT2D eigenvalue weighted by molar-refractivity contribution is 5.95. The molecule has 0 saturated carbocycles. The predicted molar refractivity (Wildman–Crippen MR) is 818 cm³/mol. The monoisotopic (exact) mass is 3550 g/mol. The number of hydrogen-bond donors (Lipinski definition) is 0. The van der Waals surface area contributed by atoms with Gasteiger partial charge in [-0.2, -0.15) is 0 Å². The molecule has 0 aliphatic carbocycles. The summed E-state index contributed by atoms with van der Waals surface area (Å²) in [5, 5.41) is 0. The smallest absolute Gasteiger partial charge is 0 e. The zero-order valence-electron chi connectivity index (χ0n) is 45.3. The highest BCUT2D eigenvalue weighted by molar-refractivity contribution is 8.88. The van der Waals surface area contributed by atoms with Crippen molar-refractivity contribution in [2.24, 2.45) is 0 Å². The predicted octanol–water partition coefficient (Wildman–Crippen LogP) is -0.266. The van der Waals surface area contributed by atoms with Crippen molar-refractivity contribution < 1.29 is 0 Å². The third kappa shape index (κ3) is 134. The van der Waals surface area contributed by atoms with E-state index in [9.17, 15) is 0 Å². The van der Waals surface area contributed by atoms with E-state index < -0.39 is 0 Å². The van der Waals surface area contributed by atoms with Gasteiger partial charge in [0, 0.05) is 990 Å². The molecule has 0 bridgehead atoms. The molecular formula is S111. The first-order valence-corrected chi connectivity index (χ1v) is 165. The van der Waals surface area contributed by atoms with Crippen LogP contribution in [-0.4, -0.2) is 0 Å². The van der Waals surface area contributed by atoms with Gasteiger partial charge in [-0.15, -0.1) is 0 Å². The van der Waals surface area contributed by atoms with Crippen LogP contribution in [0.2, 0.25) is 0 Å². The van der Waals surface area contributed by atoms with Crippen LogP contribution in [0.5, 0.6) is 0 Å². The van der Waals surface area contributed by atoms with Gasteiger partial charge < -0.3 is 0 Å². The quantitative estimate of drug-likeness (QED) is 0.329. The number of hydrogen-bond acceptors (Lipinski definition) is 2. The van der Waals surface area contributed by atoms with Crippen molar-refractivity contribution in [3.8, 4) is 0 Å². The first-order valence-electron chi connectivity index (χ1n) is 18.3. The van der Waals surface area contributed by atoms with E-state index in [1.165, 1.54) is 17.8 Å². The van der Waals surface area contributed by atoms with Crippen molar-refractivity contribution in [1.29, 1.82) is 0 Å². The maximum atomic E-state index is 4.83. The second-order valence-corrected chi connectivity index (χ2v) is 200. The molecule has 0 aliphatic heterocycles. The topological polar surface area (TPSA) is 0 Å². The van der Waals surface area contributed by atoms with Gasteiger partial charge in [0.1, 0.15) is 0 Å². The molecule has 666 valence electrons. The average Bonchev–Trinajstić information content (AvgIpc) is 3.81. The van der Waals surface area contributed by atoms with Gasteiger partial charge in [-0.3, -0.25) is 0 Å². The molecule has 111 heteroatoms. The summed E-state index contributed by atoms with van der Waals surface area (Å²) in [6.45, 7) is 0. The van der Waals surface area contributed by atoms with E-state index >= 15 is 0 Å². The highest BCUT2D eigenvalue weighted by atomic mass is 33.6. The van der Waals surface area contributed by atoms with Gasteiger partial charge in [0.15, 0.2) is 0 Å². The first-order chi connectivity index (χ1) is 55.4. The highest BCUT2D eigenvalue weighted by Crippen LogP contribution is 1.52. The number of rotatable bonds is 0.